The van der Waals surface area contributed by atoms with E-state index >= 15 is 0 Å². The zero-order valence-electron chi connectivity index (χ0n) is 11.9. The molecule has 20 heavy (non-hydrogen) atoms. The molecule has 0 unspecified atom stereocenters. The summed E-state index contributed by atoms with van der Waals surface area (Å²) >= 11 is 0. The molecule has 1 aromatic heterocycles. The lowest BCUT2D eigenvalue weighted by molar-refractivity contribution is 0.324. The summed E-state index contributed by atoms with van der Waals surface area (Å²) in [5, 5.41) is 6.82. The van der Waals surface area contributed by atoms with Crippen LogP contribution >= 0.6 is 0 Å². The van der Waals surface area contributed by atoms with Crippen LogP contribution in [0.2, 0.25) is 0 Å². The molecule has 0 saturated heterocycles. The molecule has 2 aromatic rings. The maximum Gasteiger partial charge on any atom is 0.263 e. The maximum atomic E-state index is 5.29. The van der Waals surface area contributed by atoms with Crippen LogP contribution in [-0.2, 0) is 6.54 Å². The van der Waals surface area contributed by atoms with Crippen LogP contribution in [0.15, 0.2) is 16.7 Å². The predicted octanol–water partition coefficient (Wildman–Crippen LogP) is 2.02. The lowest BCUT2D eigenvalue weighted by Gasteiger charge is -2.14. The van der Waals surface area contributed by atoms with Crippen molar-refractivity contribution in [3.8, 4) is 17.2 Å². The molecular weight excluding hydrogens is 262 g/mol. The number of nitrogens with zero attached hydrogens (tertiary/aromatic N) is 2. The Hall–Kier alpha value is -2.44. The van der Waals surface area contributed by atoms with E-state index in [1.165, 1.54) is 0 Å². The van der Waals surface area contributed by atoms with E-state index in [2.05, 4.69) is 15.5 Å². The standard InChI is InChI=1S/C13H17N3O4/c1-8-15-13(16-20-8)14-7-9-5-10(17-2)12(19-4)11(6-9)18-3/h5-6H,7H2,1-4H3,(H,14,16). The van der Waals surface area contributed by atoms with Gasteiger partial charge in [0, 0.05) is 13.5 Å². The van der Waals surface area contributed by atoms with Gasteiger partial charge in [-0.1, -0.05) is 0 Å². The zero-order chi connectivity index (χ0) is 14.5. The first-order valence-corrected chi connectivity index (χ1v) is 6.01. The summed E-state index contributed by atoms with van der Waals surface area (Å²) in [4.78, 5) is 4.07. The van der Waals surface area contributed by atoms with Crippen molar-refractivity contribution in [1.82, 2.24) is 10.1 Å². The second-order valence-electron chi connectivity index (χ2n) is 4.02. The average Bonchev–Trinajstić information content (AvgIpc) is 2.89. The normalized spacial score (nSPS) is 10.2. The molecule has 0 saturated carbocycles. The summed E-state index contributed by atoms with van der Waals surface area (Å²) in [5.74, 6) is 2.73. The molecule has 0 aliphatic heterocycles. The first-order chi connectivity index (χ1) is 9.67. The number of methoxy groups -OCH3 is 3. The Morgan fingerprint density at radius 1 is 1.10 bits per heavy atom. The van der Waals surface area contributed by atoms with Gasteiger partial charge in [-0.2, -0.15) is 4.98 Å². The lowest BCUT2D eigenvalue weighted by atomic mass is 10.2. The van der Waals surface area contributed by atoms with Crippen LogP contribution in [0.3, 0.4) is 0 Å². The Bertz CT molecular complexity index is 558. The fourth-order valence-electron chi connectivity index (χ4n) is 1.79. The summed E-state index contributed by atoms with van der Waals surface area (Å²) in [7, 11) is 4.73. The molecule has 7 nitrogen and oxygen atoms in total. The second kappa shape index (κ2) is 6.14. The monoisotopic (exact) mass is 279 g/mol. The first-order valence-electron chi connectivity index (χ1n) is 6.01. The Morgan fingerprint density at radius 2 is 1.75 bits per heavy atom. The highest BCUT2D eigenvalue weighted by Gasteiger charge is 2.13. The molecule has 0 bridgehead atoms. The van der Waals surface area contributed by atoms with Gasteiger partial charge in [0.1, 0.15) is 0 Å². The van der Waals surface area contributed by atoms with Crippen molar-refractivity contribution in [3.63, 3.8) is 0 Å². The van der Waals surface area contributed by atoms with E-state index in [0.717, 1.165) is 5.56 Å². The van der Waals surface area contributed by atoms with Crippen molar-refractivity contribution in [3.05, 3.63) is 23.6 Å². The molecule has 0 fully saturated rings. The highest BCUT2D eigenvalue weighted by molar-refractivity contribution is 5.54. The minimum Gasteiger partial charge on any atom is -0.493 e. The molecule has 0 spiro atoms. The van der Waals surface area contributed by atoms with Gasteiger partial charge in [-0.05, 0) is 22.9 Å². The van der Waals surface area contributed by atoms with Gasteiger partial charge < -0.3 is 24.1 Å². The van der Waals surface area contributed by atoms with Crippen LogP contribution in [-0.4, -0.2) is 31.5 Å². The summed E-state index contributed by atoms with van der Waals surface area (Å²) in [5.41, 5.74) is 0.946. The van der Waals surface area contributed by atoms with Gasteiger partial charge in [0.2, 0.25) is 11.6 Å². The van der Waals surface area contributed by atoms with Crippen LogP contribution in [0, 0.1) is 6.92 Å². The lowest BCUT2D eigenvalue weighted by Crippen LogP contribution is -2.03. The second-order valence-corrected chi connectivity index (χ2v) is 4.02. The molecule has 0 amide bonds. The van der Waals surface area contributed by atoms with E-state index in [1.54, 1.807) is 28.3 Å². The van der Waals surface area contributed by atoms with Crippen molar-refractivity contribution in [2.45, 2.75) is 13.5 Å². The number of benzene rings is 1. The number of ether oxygens (including phenoxy) is 3. The van der Waals surface area contributed by atoms with Gasteiger partial charge >= 0.3 is 0 Å². The summed E-state index contributed by atoms with van der Waals surface area (Å²) in [6.07, 6.45) is 0. The van der Waals surface area contributed by atoms with Crippen molar-refractivity contribution < 1.29 is 18.7 Å². The third-order valence-electron chi connectivity index (χ3n) is 2.70. The maximum absolute atomic E-state index is 5.29. The Balaban J connectivity index is 2.19. The number of aromatic nitrogens is 2. The molecule has 0 atom stereocenters. The number of hydrogen-bond donors (Lipinski definition) is 1. The van der Waals surface area contributed by atoms with Crippen molar-refractivity contribution in [1.29, 1.82) is 0 Å². The van der Waals surface area contributed by atoms with E-state index in [9.17, 15) is 0 Å². The molecule has 7 heteroatoms. The molecule has 108 valence electrons. The molecule has 0 aliphatic carbocycles. The van der Waals surface area contributed by atoms with Crippen LogP contribution in [0.5, 0.6) is 17.2 Å². The van der Waals surface area contributed by atoms with Gasteiger partial charge in [-0.25, -0.2) is 0 Å². The van der Waals surface area contributed by atoms with Gasteiger partial charge in [-0.3, -0.25) is 0 Å². The van der Waals surface area contributed by atoms with E-state index in [4.69, 9.17) is 18.7 Å². The Labute approximate surface area is 116 Å². The molecule has 2 rings (SSSR count). The zero-order valence-corrected chi connectivity index (χ0v) is 11.9. The summed E-state index contributed by atoms with van der Waals surface area (Å²) in [6.45, 7) is 2.24. The van der Waals surface area contributed by atoms with E-state index < -0.39 is 0 Å². The molecule has 0 aliphatic rings. The fraction of sp³-hybridized carbons (Fsp3) is 0.385. The minimum atomic E-state index is 0.441. The largest absolute Gasteiger partial charge is 0.493 e. The highest BCUT2D eigenvalue weighted by atomic mass is 16.5. The van der Waals surface area contributed by atoms with Gasteiger partial charge in [0.25, 0.3) is 5.95 Å². The quantitative estimate of drug-likeness (QED) is 0.866. The van der Waals surface area contributed by atoms with Gasteiger partial charge in [-0.15, -0.1) is 0 Å². The van der Waals surface area contributed by atoms with Crippen LogP contribution in [0.25, 0.3) is 0 Å². The topological polar surface area (TPSA) is 78.6 Å². The van der Waals surface area contributed by atoms with E-state index in [-0.39, 0.29) is 0 Å². The highest BCUT2D eigenvalue weighted by Crippen LogP contribution is 2.38. The molecule has 1 heterocycles. The summed E-state index contributed by atoms with van der Waals surface area (Å²) < 4.78 is 20.7. The van der Waals surface area contributed by atoms with Crippen molar-refractivity contribution in [2.24, 2.45) is 0 Å². The number of anilines is 1. The Kier molecular flexibility index (Phi) is 4.29. The number of nitrogens with one attached hydrogen (secondary N) is 1. The van der Waals surface area contributed by atoms with Crippen molar-refractivity contribution in [2.75, 3.05) is 26.6 Å². The van der Waals surface area contributed by atoms with E-state index in [1.807, 2.05) is 12.1 Å². The predicted molar refractivity (Wildman–Crippen MR) is 72.5 cm³/mol. The molecular formula is C13H17N3O4. The smallest absolute Gasteiger partial charge is 0.263 e. The van der Waals surface area contributed by atoms with Crippen LogP contribution in [0.4, 0.5) is 5.95 Å². The first kappa shape index (κ1) is 14.0. The van der Waals surface area contributed by atoms with Crippen LogP contribution in [0.1, 0.15) is 11.5 Å². The Morgan fingerprint density at radius 3 is 2.20 bits per heavy atom. The number of hydrogen-bond acceptors (Lipinski definition) is 7. The third kappa shape index (κ3) is 2.93. The van der Waals surface area contributed by atoms with Gasteiger partial charge in [0.05, 0.1) is 21.3 Å². The third-order valence-corrected chi connectivity index (χ3v) is 2.70. The average molecular weight is 279 g/mol. The number of rotatable bonds is 6. The minimum absolute atomic E-state index is 0.441. The molecule has 1 aromatic carbocycles. The fourth-order valence-corrected chi connectivity index (χ4v) is 1.79. The summed E-state index contributed by atoms with van der Waals surface area (Å²) in [6, 6.07) is 3.72. The number of aryl methyl sites for hydroxylation is 1. The van der Waals surface area contributed by atoms with Crippen molar-refractivity contribution >= 4 is 5.95 Å². The SMILES string of the molecule is COc1cc(CNc2noc(C)n2)cc(OC)c1OC. The van der Waals surface area contributed by atoms with E-state index in [0.29, 0.717) is 35.6 Å². The van der Waals surface area contributed by atoms with Crippen LogP contribution < -0.4 is 19.5 Å². The van der Waals surface area contributed by atoms with Gasteiger partial charge in [0.15, 0.2) is 11.5 Å². The molecule has 1 N–H and O–H groups in total. The molecule has 0 radical (unpaired) electrons.